The topological polar surface area (TPSA) is 33.8 Å². The molecule has 0 aliphatic carbocycles. The predicted octanol–water partition coefficient (Wildman–Crippen LogP) is 6.02. The van der Waals surface area contributed by atoms with E-state index in [1.54, 1.807) is 0 Å². The van der Waals surface area contributed by atoms with E-state index in [9.17, 15) is 8.78 Å². The number of benzene rings is 2. The minimum absolute atomic E-state index is 0.453. The molecule has 5 rings (SSSR count). The molecule has 0 amide bonds. The summed E-state index contributed by atoms with van der Waals surface area (Å²) < 4.78 is 28.6. The molecule has 2 saturated heterocycles. The van der Waals surface area contributed by atoms with E-state index in [2.05, 4.69) is 97.6 Å². The van der Waals surface area contributed by atoms with E-state index in [-0.39, 0.29) is 0 Å². The summed E-state index contributed by atoms with van der Waals surface area (Å²) in [7, 11) is 4.11. The minimum Gasteiger partial charge on any atom is -0.382 e. The Hall–Kier alpha value is -2.38. The summed E-state index contributed by atoms with van der Waals surface area (Å²) in [5.41, 5.74) is 6.23. The van der Waals surface area contributed by atoms with E-state index in [4.69, 9.17) is 0 Å². The summed E-state index contributed by atoms with van der Waals surface area (Å²) in [6, 6.07) is 15.1. The Morgan fingerprint density at radius 2 is 1.24 bits per heavy atom. The van der Waals surface area contributed by atoms with Gasteiger partial charge in [-0.15, -0.1) is 0 Å². The molecular weight excluding hydrogens is 480 g/mol. The Bertz CT molecular complexity index is 1020. The van der Waals surface area contributed by atoms with Gasteiger partial charge in [0.2, 0.25) is 0 Å². The molecule has 210 valence electrons. The fraction of sp³-hybridized carbons (Fsp3) is 0.613. The van der Waals surface area contributed by atoms with Crippen molar-refractivity contribution in [2.24, 2.45) is 11.8 Å². The molecule has 0 saturated carbocycles. The van der Waals surface area contributed by atoms with E-state index >= 15 is 0 Å². The Kier molecular flexibility index (Phi) is 9.19. The molecule has 2 bridgehead atoms. The summed E-state index contributed by atoms with van der Waals surface area (Å²) in [6.07, 6.45) is 0. The minimum atomic E-state index is -2.51. The molecule has 2 N–H and O–H groups in total. The van der Waals surface area contributed by atoms with Crippen molar-refractivity contribution in [2.75, 3.05) is 82.0 Å². The highest BCUT2D eigenvalue weighted by Crippen LogP contribution is 2.43. The Morgan fingerprint density at radius 3 is 1.79 bits per heavy atom. The number of likely N-dealkylation sites (N-methyl/N-ethyl adjacent to an activating group) is 1. The molecule has 3 aliphatic heterocycles. The zero-order chi connectivity index (χ0) is 27.4. The zero-order valence-corrected chi connectivity index (χ0v) is 24.1. The van der Waals surface area contributed by atoms with Crippen molar-refractivity contribution in [3.63, 3.8) is 0 Å². The molecule has 3 aliphatic rings. The van der Waals surface area contributed by atoms with Crippen molar-refractivity contribution in [1.82, 2.24) is 9.80 Å². The van der Waals surface area contributed by atoms with Gasteiger partial charge in [0, 0.05) is 58.0 Å². The fourth-order valence-corrected chi connectivity index (χ4v) is 5.75. The van der Waals surface area contributed by atoms with E-state index in [0.29, 0.717) is 38.0 Å². The van der Waals surface area contributed by atoms with Gasteiger partial charge < -0.3 is 25.3 Å². The van der Waals surface area contributed by atoms with Crippen LogP contribution in [0.25, 0.3) is 0 Å². The van der Waals surface area contributed by atoms with Crippen LogP contribution >= 0.6 is 0 Å². The second-order valence-corrected chi connectivity index (χ2v) is 12.1. The first-order chi connectivity index (χ1) is 18.0. The van der Waals surface area contributed by atoms with Gasteiger partial charge in [-0.1, -0.05) is 45.9 Å². The maximum absolute atomic E-state index is 14.3. The third-order valence-corrected chi connectivity index (χ3v) is 8.29. The molecule has 5 nitrogen and oxygen atoms in total. The van der Waals surface area contributed by atoms with Gasteiger partial charge in [0.15, 0.2) is 0 Å². The van der Waals surface area contributed by atoms with Gasteiger partial charge in [-0.05, 0) is 61.3 Å². The van der Waals surface area contributed by atoms with Gasteiger partial charge in [-0.25, -0.2) is 8.78 Å². The number of rotatable bonds is 3. The summed E-state index contributed by atoms with van der Waals surface area (Å²) in [5.74, 6) is -2.55. The molecule has 2 aromatic carbocycles. The number of fused-ring (bicyclic) bond motifs is 3. The average molecular weight is 528 g/mol. The number of likely N-dealkylation sites (tertiary alicyclic amines) is 1. The number of nitrogens with zero attached hydrogens (tertiary/aromatic N) is 3. The molecular formula is C31H47F2N5. The molecule has 38 heavy (non-hydrogen) atoms. The monoisotopic (exact) mass is 527 g/mol. The Labute approximate surface area is 228 Å². The number of halogens is 2. The third kappa shape index (κ3) is 6.78. The van der Waals surface area contributed by atoms with Crippen LogP contribution in [0.4, 0.5) is 25.8 Å². The van der Waals surface area contributed by atoms with Crippen molar-refractivity contribution < 1.29 is 8.78 Å². The molecule has 2 aromatic rings. The van der Waals surface area contributed by atoms with Crippen LogP contribution in [0.5, 0.6) is 0 Å². The molecule has 2 atom stereocenters. The van der Waals surface area contributed by atoms with Crippen LogP contribution in [0.2, 0.25) is 0 Å². The molecule has 0 radical (unpaired) electrons. The molecule has 3 heterocycles. The Balaban J connectivity index is 0.000000181. The normalized spacial score (nSPS) is 23.8. The summed E-state index contributed by atoms with van der Waals surface area (Å²) in [5, 5.41) is 7.02. The molecule has 2 fully saturated rings. The summed E-state index contributed by atoms with van der Waals surface area (Å²) in [6.45, 7) is 14.9. The van der Waals surface area contributed by atoms with Crippen molar-refractivity contribution in [1.29, 1.82) is 0 Å². The summed E-state index contributed by atoms with van der Waals surface area (Å²) in [4.78, 5) is 6.53. The number of piperidine rings is 2. The number of hydrogen-bond donors (Lipinski definition) is 2. The smallest absolute Gasteiger partial charge is 0.259 e. The average Bonchev–Trinajstić information content (AvgIpc) is 2.94. The number of hydrogen-bond acceptors (Lipinski definition) is 5. The highest BCUT2D eigenvalue weighted by atomic mass is 19.3. The van der Waals surface area contributed by atoms with E-state index in [1.807, 2.05) is 11.9 Å². The van der Waals surface area contributed by atoms with Crippen molar-refractivity contribution in [3.8, 4) is 0 Å². The van der Waals surface area contributed by atoms with Crippen molar-refractivity contribution in [3.05, 3.63) is 53.6 Å². The lowest BCUT2D eigenvalue weighted by molar-refractivity contribution is -0.153. The van der Waals surface area contributed by atoms with Gasteiger partial charge in [0.1, 0.15) is 0 Å². The first-order valence-electron chi connectivity index (χ1n) is 14.3. The summed E-state index contributed by atoms with van der Waals surface area (Å²) >= 11 is 0. The van der Waals surface area contributed by atoms with Crippen LogP contribution < -0.4 is 15.5 Å². The first-order valence-corrected chi connectivity index (χ1v) is 14.3. The van der Waals surface area contributed by atoms with Crippen molar-refractivity contribution >= 4 is 17.1 Å². The maximum atomic E-state index is 14.3. The van der Waals surface area contributed by atoms with Gasteiger partial charge in [0.05, 0.1) is 23.2 Å². The second kappa shape index (κ2) is 12.2. The van der Waals surface area contributed by atoms with Gasteiger partial charge in [0.25, 0.3) is 5.92 Å². The van der Waals surface area contributed by atoms with Gasteiger partial charge in [-0.3, -0.25) is 0 Å². The van der Waals surface area contributed by atoms with Crippen LogP contribution in [0.1, 0.15) is 50.7 Å². The highest BCUT2D eigenvalue weighted by molar-refractivity contribution is 5.70. The van der Waals surface area contributed by atoms with Gasteiger partial charge in [-0.2, -0.15) is 0 Å². The van der Waals surface area contributed by atoms with E-state index < -0.39 is 17.8 Å². The first kappa shape index (κ1) is 28.6. The van der Waals surface area contributed by atoms with Crippen LogP contribution in [-0.4, -0.2) is 82.2 Å². The van der Waals surface area contributed by atoms with Crippen LogP contribution in [-0.2, 0) is 0 Å². The number of nitrogens with one attached hydrogen (secondary N) is 2. The van der Waals surface area contributed by atoms with Crippen LogP contribution in [0.3, 0.4) is 0 Å². The lowest BCUT2D eigenvalue weighted by atomic mass is 9.80. The molecule has 7 heteroatoms. The zero-order valence-electron chi connectivity index (χ0n) is 24.1. The highest BCUT2D eigenvalue weighted by Gasteiger charge is 2.54. The fourth-order valence-electron chi connectivity index (χ4n) is 5.75. The second-order valence-electron chi connectivity index (χ2n) is 12.1. The van der Waals surface area contributed by atoms with Crippen LogP contribution in [0, 0.1) is 11.8 Å². The van der Waals surface area contributed by atoms with Gasteiger partial charge >= 0.3 is 0 Å². The number of anilines is 3. The SMILES string of the molecule is CC(C)c1ccc(N2CC3CN(C)CC(C2)C3(F)F)cc1.CC(C)c1ccc2c(c1)NCCN(C)CCN2. The quantitative estimate of drug-likeness (QED) is 0.510. The lowest BCUT2D eigenvalue weighted by Crippen LogP contribution is -2.63. The lowest BCUT2D eigenvalue weighted by Gasteiger charge is -2.50. The standard InChI is InChI=1S/C17H24F2N2.C14H23N3/c1-12(2)13-4-6-16(7-5-13)21-10-14-8-20(3)9-15(11-21)17(14,18)19;1-11(2)12-4-5-13-14(10-12)16-7-9-17(3)8-6-15-13/h4-7,12,14-15H,8-11H2,1-3H3;4-5,10-11,15-16H,6-9H2,1-3H3. The molecule has 0 aromatic heterocycles. The van der Waals surface area contributed by atoms with Crippen LogP contribution in [0.15, 0.2) is 42.5 Å². The Morgan fingerprint density at radius 1 is 0.711 bits per heavy atom. The van der Waals surface area contributed by atoms with E-state index in [0.717, 1.165) is 31.9 Å². The van der Waals surface area contributed by atoms with E-state index in [1.165, 1.54) is 22.5 Å². The molecule has 2 unspecified atom stereocenters. The third-order valence-electron chi connectivity index (χ3n) is 8.29. The van der Waals surface area contributed by atoms with Crippen molar-refractivity contribution in [2.45, 2.75) is 45.5 Å². The number of alkyl halides is 2. The largest absolute Gasteiger partial charge is 0.382 e. The maximum Gasteiger partial charge on any atom is 0.259 e. The predicted molar refractivity (Wildman–Crippen MR) is 157 cm³/mol. The molecule has 0 spiro atoms.